The second-order valence-electron chi connectivity index (χ2n) is 8.52. The van der Waals surface area contributed by atoms with Gasteiger partial charge in [0.1, 0.15) is 17.0 Å². The molecule has 160 valence electrons. The first kappa shape index (κ1) is 19.9. The van der Waals surface area contributed by atoms with E-state index in [-0.39, 0.29) is 28.9 Å². The minimum absolute atomic E-state index is 0.137. The maximum absolute atomic E-state index is 13.3. The van der Waals surface area contributed by atoms with Crippen LogP contribution in [0.4, 0.5) is 4.39 Å². The fraction of sp³-hybridized carbons (Fsp3) is 0.375. The number of benzene rings is 1. The van der Waals surface area contributed by atoms with Gasteiger partial charge in [0.2, 0.25) is 0 Å². The van der Waals surface area contributed by atoms with Gasteiger partial charge in [0, 0.05) is 44.6 Å². The Hall–Kier alpha value is -3.06. The number of hydrogen-bond donors (Lipinski definition) is 0. The van der Waals surface area contributed by atoms with Crippen LogP contribution >= 0.6 is 0 Å². The van der Waals surface area contributed by atoms with Crippen molar-refractivity contribution in [1.29, 1.82) is 0 Å². The first-order chi connectivity index (χ1) is 15.1. The first-order valence-electron chi connectivity index (χ1n) is 10.8. The number of halogens is 1. The van der Waals surface area contributed by atoms with Gasteiger partial charge in [-0.05, 0) is 55.0 Å². The Labute approximate surface area is 179 Å². The van der Waals surface area contributed by atoms with Gasteiger partial charge in [-0.15, -0.1) is 0 Å². The van der Waals surface area contributed by atoms with Crippen LogP contribution in [0.1, 0.15) is 35.2 Å². The Balaban J connectivity index is 1.33. The molecule has 0 saturated carbocycles. The zero-order valence-electron chi connectivity index (χ0n) is 17.3. The van der Waals surface area contributed by atoms with Gasteiger partial charge in [-0.25, -0.2) is 9.37 Å². The Morgan fingerprint density at radius 3 is 2.77 bits per heavy atom. The maximum atomic E-state index is 13.3. The first-order valence-corrected chi connectivity index (χ1v) is 10.8. The lowest BCUT2D eigenvalue weighted by molar-refractivity contribution is 0.0182. The summed E-state index contributed by atoms with van der Waals surface area (Å²) in [6.07, 6.45) is 5.95. The molecule has 3 aromatic rings. The summed E-state index contributed by atoms with van der Waals surface area (Å²) in [6, 6.07) is 12.1. The zero-order valence-corrected chi connectivity index (χ0v) is 17.3. The van der Waals surface area contributed by atoms with Crippen LogP contribution in [0.15, 0.2) is 59.7 Å². The van der Waals surface area contributed by atoms with Gasteiger partial charge in [0.25, 0.3) is 11.5 Å². The highest BCUT2D eigenvalue weighted by atomic mass is 19.1. The second-order valence-corrected chi connectivity index (χ2v) is 8.52. The highest BCUT2D eigenvalue weighted by Crippen LogP contribution is 2.32. The average Bonchev–Trinajstić information content (AvgIpc) is 2.80. The molecule has 1 amide bonds. The molecule has 1 aromatic carbocycles. The third kappa shape index (κ3) is 3.85. The number of carbonyl (C=O) groups is 1. The number of likely N-dealkylation sites (tertiary alicyclic amines) is 2. The smallest absolute Gasteiger partial charge is 0.270 e. The molecule has 4 heterocycles. The third-order valence-electron chi connectivity index (χ3n) is 6.58. The summed E-state index contributed by atoms with van der Waals surface area (Å²) in [4.78, 5) is 34.8. The topological polar surface area (TPSA) is 57.9 Å². The van der Waals surface area contributed by atoms with Gasteiger partial charge in [0.15, 0.2) is 0 Å². The van der Waals surface area contributed by atoms with Crippen LogP contribution in [-0.4, -0.2) is 50.8 Å². The van der Waals surface area contributed by atoms with Crippen LogP contribution in [0.3, 0.4) is 0 Å². The molecule has 2 fully saturated rings. The summed E-state index contributed by atoms with van der Waals surface area (Å²) in [5.41, 5.74) is 1.46. The van der Waals surface area contributed by atoms with Crippen molar-refractivity contribution in [1.82, 2.24) is 19.2 Å². The zero-order chi connectivity index (χ0) is 21.4. The molecule has 31 heavy (non-hydrogen) atoms. The van der Waals surface area contributed by atoms with Gasteiger partial charge >= 0.3 is 0 Å². The van der Waals surface area contributed by atoms with E-state index in [0.29, 0.717) is 18.1 Å². The van der Waals surface area contributed by atoms with E-state index in [2.05, 4.69) is 9.88 Å². The lowest BCUT2D eigenvalue weighted by atomic mass is 9.83. The predicted molar refractivity (Wildman–Crippen MR) is 115 cm³/mol. The number of aromatic nitrogens is 2. The highest BCUT2D eigenvalue weighted by molar-refractivity contribution is 5.94. The van der Waals surface area contributed by atoms with Gasteiger partial charge in [0.05, 0.1) is 0 Å². The molecule has 6 nitrogen and oxygen atoms in total. The summed E-state index contributed by atoms with van der Waals surface area (Å²) in [6.45, 7) is 3.24. The number of fused-ring (bicyclic) bond motifs is 2. The van der Waals surface area contributed by atoms with E-state index in [0.717, 1.165) is 44.5 Å². The molecule has 2 saturated heterocycles. The van der Waals surface area contributed by atoms with Crippen molar-refractivity contribution in [2.75, 3.05) is 19.6 Å². The fourth-order valence-electron chi connectivity index (χ4n) is 5.05. The number of pyridine rings is 1. The van der Waals surface area contributed by atoms with Crippen molar-refractivity contribution in [3.05, 3.63) is 82.2 Å². The molecule has 2 aliphatic heterocycles. The minimum atomic E-state index is -0.313. The predicted octanol–water partition coefficient (Wildman–Crippen LogP) is 2.96. The van der Waals surface area contributed by atoms with Crippen molar-refractivity contribution in [2.45, 2.75) is 31.8 Å². The Morgan fingerprint density at radius 2 is 1.94 bits per heavy atom. The van der Waals surface area contributed by atoms with Crippen LogP contribution in [0.2, 0.25) is 0 Å². The van der Waals surface area contributed by atoms with Crippen LogP contribution in [0.5, 0.6) is 0 Å². The van der Waals surface area contributed by atoms with Gasteiger partial charge in [-0.2, -0.15) is 0 Å². The van der Waals surface area contributed by atoms with Crippen molar-refractivity contribution in [3.63, 3.8) is 0 Å². The Bertz CT molecular complexity index is 1160. The van der Waals surface area contributed by atoms with Crippen LogP contribution in [0.25, 0.3) is 5.65 Å². The number of rotatable bonds is 3. The highest BCUT2D eigenvalue weighted by Gasteiger charge is 2.39. The van der Waals surface area contributed by atoms with Gasteiger partial charge < -0.3 is 4.90 Å². The molecule has 0 aliphatic carbocycles. The van der Waals surface area contributed by atoms with Crippen LogP contribution in [-0.2, 0) is 6.54 Å². The normalized spacial score (nSPS) is 21.8. The van der Waals surface area contributed by atoms with E-state index < -0.39 is 0 Å². The summed E-state index contributed by atoms with van der Waals surface area (Å²) < 4.78 is 14.6. The standard InChI is InChI=1S/C24H25FN4O2/c25-19-8-6-17(7-9-19)15-27-13-10-21-18(16-27)4-3-12-28(21)23(30)20-14-26-22-5-1-2-11-29(22)24(20)31/h1-2,5-9,11,14,18,21H,3-4,10,12-13,15-16H2/t18-,21-/m1/s1. The molecule has 5 rings (SSSR count). The van der Waals surface area contributed by atoms with Gasteiger partial charge in [-0.1, -0.05) is 18.2 Å². The van der Waals surface area contributed by atoms with E-state index in [9.17, 15) is 14.0 Å². The largest absolute Gasteiger partial charge is 0.335 e. The Kier molecular flexibility index (Phi) is 5.28. The summed E-state index contributed by atoms with van der Waals surface area (Å²) in [5, 5.41) is 0. The van der Waals surface area contributed by atoms with Crippen molar-refractivity contribution in [3.8, 4) is 0 Å². The van der Waals surface area contributed by atoms with Crippen LogP contribution in [0, 0.1) is 11.7 Å². The second kappa shape index (κ2) is 8.23. The quantitative estimate of drug-likeness (QED) is 0.654. The Morgan fingerprint density at radius 1 is 1.10 bits per heavy atom. The molecule has 2 aromatic heterocycles. The number of nitrogens with zero attached hydrogens (tertiary/aromatic N) is 4. The van der Waals surface area contributed by atoms with Crippen molar-refractivity contribution >= 4 is 11.6 Å². The monoisotopic (exact) mass is 420 g/mol. The van der Waals surface area contributed by atoms with Crippen LogP contribution < -0.4 is 5.56 Å². The van der Waals surface area contributed by atoms with Crippen molar-refractivity contribution in [2.24, 2.45) is 5.92 Å². The SMILES string of the molecule is O=C(c1cnc2ccccn2c1=O)N1CCC[C@@H]2CN(Cc3ccc(F)cc3)CC[C@H]21. The molecule has 0 spiro atoms. The minimum Gasteiger partial charge on any atom is -0.335 e. The number of hydrogen-bond acceptors (Lipinski definition) is 4. The number of piperidine rings is 2. The average molecular weight is 420 g/mol. The molecule has 2 atom stereocenters. The van der Waals surface area contributed by atoms with E-state index in [1.54, 1.807) is 18.3 Å². The molecule has 0 unspecified atom stereocenters. The fourth-order valence-corrected chi connectivity index (χ4v) is 5.05. The van der Waals surface area contributed by atoms with Crippen molar-refractivity contribution < 1.29 is 9.18 Å². The summed E-state index contributed by atoms with van der Waals surface area (Å²) in [7, 11) is 0. The molecule has 0 N–H and O–H groups in total. The molecule has 7 heteroatoms. The maximum Gasteiger partial charge on any atom is 0.270 e. The molecular weight excluding hydrogens is 395 g/mol. The third-order valence-corrected chi connectivity index (χ3v) is 6.58. The molecule has 2 aliphatic rings. The molecule has 0 radical (unpaired) electrons. The number of amides is 1. The number of carbonyl (C=O) groups excluding carboxylic acids is 1. The lowest BCUT2D eigenvalue weighted by Crippen LogP contribution is -2.56. The summed E-state index contributed by atoms with van der Waals surface area (Å²) in [5.74, 6) is -0.0523. The van der Waals surface area contributed by atoms with E-state index in [1.807, 2.05) is 23.1 Å². The molecular formula is C24H25FN4O2. The van der Waals surface area contributed by atoms with E-state index >= 15 is 0 Å². The molecule has 0 bridgehead atoms. The lowest BCUT2D eigenvalue weighted by Gasteiger charge is -2.47. The van der Waals surface area contributed by atoms with Gasteiger partial charge in [-0.3, -0.25) is 18.9 Å². The van der Waals surface area contributed by atoms with E-state index in [1.165, 1.54) is 22.7 Å². The summed E-state index contributed by atoms with van der Waals surface area (Å²) >= 11 is 0. The van der Waals surface area contributed by atoms with E-state index in [4.69, 9.17) is 0 Å².